The molecule has 25 nitrogen and oxygen atoms in total. The highest BCUT2D eigenvalue weighted by molar-refractivity contribution is 6.11. The first-order chi connectivity index (χ1) is 67.7. The average Bonchev–Trinajstić information content (AvgIpc) is 0.799. The van der Waals surface area contributed by atoms with Gasteiger partial charge in [0.25, 0.3) is 41.4 Å². The Morgan fingerprint density at radius 1 is 0.348 bits per heavy atom. The molecule has 12 aromatic rings. The van der Waals surface area contributed by atoms with Crippen molar-refractivity contribution in [3.05, 3.63) is 339 Å². The number of aromatic nitrogens is 3. The smallest absolute Gasteiger partial charge is 0.416 e. The summed E-state index contributed by atoms with van der Waals surface area (Å²) in [5, 5.41) is 26.1. The Kier molecular flexibility index (Phi) is 34.7. The number of benzene rings is 9. The lowest BCUT2D eigenvalue weighted by Gasteiger charge is -2.29. The zero-order valence-corrected chi connectivity index (χ0v) is 77.8. The number of nitrogens with one attached hydrogen (secondary N) is 6. The standard InChI is InChI=1S/C40H45F3N6O3.C34H31F3N4O4.C33H29F3N4O4/c1-4-48(5-2)22-21-47(3)39(52)31-13-10-12-29(24-31)38(51)46-35-16-15-33(49-19-7-6-8-20-49)26-34(35)36-25-30(17-18-44-36)37(50)45-27-28-11-9-14-32(23-28)40(41,42)43;1-45-33(44)25-9-6-8-23(18-25)32(43)40-29-12-11-27(41-15-3-2-4-16-41)20-28(29)30-19-24(13-14-38-30)31(42)39-21-22-7-5-10-26(17-22)34(35,36)37;34-33(35,36)25-9-4-6-21(16-25)20-38-30(41)23-12-13-37-29(18-23)27-19-26(40-14-2-1-3-15-40)10-11-28(27)39-31(42)22-7-5-8-24(17-22)32(43)44/h9-18,23-26H,4-8,19-22,27H2,1-3H3,(H,45,50)(H,46,51);5-14,17-20H,2-4,15-16,21H2,1H3,(H,39,42)(H,40,43);4-13,16-19H,1-3,14-15,20H2,(H,38,41)(H,39,42)(H,43,44). The van der Waals surface area contributed by atoms with Gasteiger partial charge in [0.05, 0.1) is 69.1 Å². The summed E-state index contributed by atoms with van der Waals surface area (Å²) in [5.74, 6) is -4.77. The molecule has 0 unspecified atom stereocenters. The number of piperidine rings is 3. The number of methoxy groups -OCH3 is 1. The molecule has 3 fully saturated rings. The summed E-state index contributed by atoms with van der Waals surface area (Å²) in [7, 11) is 3.01. The second-order valence-corrected chi connectivity index (χ2v) is 33.9. The molecule has 3 aliphatic rings. The molecule has 7 amide bonds. The van der Waals surface area contributed by atoms with E-state index in [1.165, 1.54) is 111 Å². The van der Waals surface area contributed by atoms with Crippen LogP contribution in [0.15, 0.2) is 255 Å². The molecular formula is C107H105F9N14O11. The average molecular weight is 1930 g/mol. The van der Waals surface area contributed by atoms with Crippen LogP contribution in [0.4, 0.5) is 73.6 Å². The van der Waals surface area contributed by atoms with E-state index in [-0.39, 0.29) is 64.5 Å². The number of aromatic carboxylic acids is 1. The molecule has 9 aromatic carbocycles. The van der Waals surface area contributed by atoms with E-state index in [1.807, 2.05) is 42.5 Å². The number of hydrogen-bond donors (Lipinski definition) is 7. The van der Waals surface area contributed by atoms with Crippen LogP contribution in [0.1, 0.15) is 198 Å². The fourth-order valence-electron chi connectivity index (χ4n) is 16.4. The maximum Gasteiger partial charge on any atom is 0.416 e. The Bertz CT molecular complexity index is 6510. The Labute approximate surface area is 809 Å². The third kappa shape index (κ3) is 28.1. The van der Waals surface area contributed by atoms with Gasteiger partial charge in [-0.2, -0.15) is 39.5 Å². The molecule has 0 spiro atoms. The number of hydrogen-bond acceptors (Lipinski definition) is 17. The van der Waals surface area contributed by atoms with Crippen molar-refractivity contribution in [3.8, 4) is 33.8 Å². The number of rotatable bonds is 29. The number of carbonyl (C=O) groups is 9. The normalized spacial score (nSPS) is 13.2. The van der Waals surface area contributed by atoms with E-state index in [0.29, 0.717) is 85.2 Å². The largest absolute Gasteiger partial charge is 0.478 e. The number of halogens is 9. The summed E-state index contributed by atoms with van der Waals surface area (Å²) in [6, 6.07) is 58.9. The van der Waals surface area contributed by atoms with Crippen LogP contribution < -0.4 is 46.6 Å². The molecule has 3 aliphatic heterocycles. The molecule has 3 aromatic heterocycles. The van der Waals surface area contributed by atoms with E-state index in [4.69, 9.17) is 4.74 Å². The quantitative estimate of drug-likeness (QED) is 0.0169. The van der Waals surface area contributed by atoms with Crippen LogP contribution in [0.5, 0.6) is 0 Å². The number of esters is 1. The minimum Gasteiger partial charge on any atom is -0.478 e. The fourth-order valence-corrected chi connectivity index (χ4v) is 16.4. The molecule has 34 heteroatoms. The van der Waals surface area contributed by atoms with Gasteiger partial charge in [-0.3, -0.25) is 48.5 Å². The zero-order valence-electron chi connectivity index (χ0n) is 77.8. The van der Waals surface area contributed by atoms with Gasteiger partial charge in [0.1, 0.15) is 0 Å². The molecule has 3 saturated heterocycles. The lowest BCUT2D eigenvalue weighted by atomic mass is 10.0. The second kappa shape index (κ2) is 47.6. The van der Waals surface area contributed by atoms with Crippen LogP contribution in [-0.4, -0.2) is 163 Å². The highest BCUT2D eigenvalue weighted by Gasteiger charge is 2.34. The van der Waals surface area contributed by atoms with Crippen LogP contribution in [0.3, 0.4) is 0 Å². The van der Waals surface area contributed by atoms with Crippen molar-refractivity contribution >= 4 is 87.4 Å². The van der Waals surface area contributed by atoms with Gasteiger partial charge < -0.3 is 66.2 Å². The van der Waals surface area contributed by atoms with Gasteiger partial charge in [-0.1, -0.05) is 68.4 Å². The minimum absolute atomic E-state index is 0.0242. The van der Waals surface area contributed by atoms with Crippen LogP contribution in [0.25, 0.3) is 33.8 Å². The van der Waals surface area contributed by atoms with Crippen LogP contribution in [-0.2, 0) is 42.9 Å². The Hall–Kier alpha value is -15.6. The Balaban J connectivity index is 0.000000179. The molecular weight excluding hydrogens is 1830 g/mol. The van der Waals surface area contributed by atoms with E-state index in [1.54, 1.807) is 84.7 Å². The Morgan fingerprint density at radius 3 is 0.965 bits per heavy atom. The summed E-state index contributed by atoms with van der Waals surface area (Å²) in [6.07, 6.45) is 0.733. The lowest BCUT2D eigenvalue weighted by Crippen LogP contribution is -2.36. The van der Waals surface area contributed by atoms with Crippen molar-refractivity contribution < 1.29 is 92.5 Å². The van der Waals surface area contributed by atoms with Gasteiger partial charge in [-0.25, -0.2) is 9.59 Å². The van der Waals surface area contributed by atoms with Gasteiger partial charge in [0, 0.05) is 170 Å². The highest BCUT2D eigenvalue weighted by atomic mass is 19.4. The number of pyridine rings is 3. The van der Waals surface area contributed by atoms with E-state index in [9.17, 15) is 87.8 Å². The molecule has 15 rings (SSSR count). The predicted octanol–water partition coefficient (Wildman–Crippen LogP) is 20.7. The molecule has 0 saturated carbocycles. The van der Waals surface area contributed by atoms with E-state index in [2.05, 4.69) is 80.3 Å². The van der Waals surface area contributed by atoms with E-state index >= 15 is 0 Å². The summed E-state index contributed by atoms with van der Waals surface area (Å²) < 4.78 is 123. The summed E-state index contributed by atoms with van der Waals surface area (Å²) in [4.78, 5) is 140. The van der Waals surface area contributed by atoms with Gasteiger partial charge in [-0.15, -0.1) is 0 Å². The van der Waals surface area contributed by atoms with Crippen molar-refractivity contribution in [2.24, 2.45) is 0 Å². The third-order valence-corrected chi connectivity index (χ3v) is 24.2. The summed E-state index contributed by atoms with van der Waals surface area (Å²) in [6.45, 7) is 12.2. The van der Waals surface area contributed by atoms with E-state index < -0.39 is 82.6 Å². The number of anilines is 6. The first kappa shape index (κ1) is 103. The molecule has 6 heterocycles. The van der Waals surface area contributed by atoms with Crippen molar-refractivity contribution in [1.29, 1.82) is 0 Å². The van der Waals surface area contributed by atoms with Crippen LogP contribution in [0, 0.1) is 0 Å². The zero-order chi connectivity index (χ0) is 100. The molecule has 0 radical (unpaired) electrons. The van der Waals surface area contributed by atoms with Crippen LogP contribution >= 0.6 is 0 Å². The molecule has 7 N–H and O–H groups in total. The fraction of sp³-hybridized carbons (Fsp3) is 0.271. The van der Waals surface area contributed by atoms with Gasteiger partial charge in [0.2, 0.25) is 0 Å². The predicted molar refractivity (Wildman–Crippen MR) is 521 cm³/mol. The summed E-state index contributed by atoms with van der Waals surface area (Å²) in [5.41, 5.74) is 7.70. The number of nitrogens with zero attached hydrogens (tertiary/aromatic N) is 8. The maximum atomic E-state index is 13.7. The minimum atomic E-state index is -4.49. The molecule has 0 atom stereocenters. The first-order valence-electron chi connectivity index (χ1n) is 46.1. The van der Waals surface area contributed by atoms with Crippen molar-refractivity contribution in [1.82, 2.24) is 40.7 Å². The molecule has 732 valence electrons. The number of carboxylic acids is 1. The molecule has 141 heavy (non-hydrogen) atoms. The number of amides is 7. The van der Waals surface area contributed by atoms with Crippen LogP contribution in [0.2, 0.25) is 0 Å². The number of carboxylic acid groups (broad SMARTS) is 1. The van der Waals surface area contributed by atoms with Gasteiger partial charge in [0.15, 0.2) is 0 Å². The first-order valence-corrected chi connectivity index (χ1v) is 46.1. The van der Waals surface area contributed by atoms with E-state index in [0.717, 1.165) is 170 Å². The van der Waals surface area contributed by atoms with Crippen molar-refractivity contribution in [2.45, 2.75) is 110 Å². The second-order valence-electron chi connectivity index (χ2n) is 33.9. The molecule has 0 bridgehead atoms. The summed E-state index contributed by atoms with van der Waals surface area (Å²) >= 11 is 0. The highest BCUT2D eigenvalue weighted by Crippen LogP contribution is 2.40. The van der Waals surface area contributed by atoms with Gasteiger partial charge >= 0.3 is 30.5 Å². The Morgan fingerprint density at radius 2 is 0.645 bits per heavy atom. The number of alkyl halides is 9. The van der Waals surface area contributed by atoms with Gasteiger partial charge in [-0.05, 0) is 270 Å². The lowest BCUT2D eigenvalue weighted by molar-refractivity contribution is -0.138. The topological polar surface area (TPSA) is 310 Å². The number of ether oxygens (including phenoxy) is 1. The number of carbonyl (C=O) groups excluding carboxylic acids is 8. The monoisotopic (exact) mass is 1930 g/mol. The molecule has 0 aliphatic carbocycles. The SMILES string of the molecule is CCN(CC)CCN(C)C(=O)c1cccc(C(=O)Nc2ccc(N3CCCCC3)cc2-c2cc(C(=O)NCc3cccc(C(F)(F)F)c3)ccn2)c1.COC(=O)c1cccc(C(=O)Nc2ccc(N3CCCCC3)cc2-c2cc(C(=O)NCc3cccc(C(F)(F)F)c3)ccn2)c1.O=C(O)c1cccc(C(=O)Nc2ccc(N3CCCCC3)cc2-c2cc(C(=O)NCc3cccc(C(F)(F)F)c3)ccn2)c1. The maximum absolute atomic E-state index is 13.7. The number of likely N-dealkylation sites (N-methyl/N-ethyl adjacent to an activating group) is 2. The van der Waals surface area contributed by atoms with Crippen molar-refractivity contribution in [2.75, 3.05) is 110 Å². The van der Waals surface area contributed by atoms with Crippen molar-refractivity contribution in [3.63, 3.8) is 0 Å². The third-order valence-electron chi connectivity index (χ3n) is 24.2.